The Bertz CT molecular complexity index is 501. The first kappa shape index (κ1) is 16.1. The smallest absolute Gasteiger partial charge is 0.252 e. The van der Waals surface area contributed by atoms with E-state index < -0.39 is 6.04 Å². The third-order valence-corrected chi connectivity index (χ3v) is 3.01. The lowest BCUT2D eigenvalue weighted by Crippen LogP contribution is -2.46. The molecule has 5 heteroatoms. The molecule has 1 unspecified atom stereocenters. The second-order valence-corrected chi connectivity index (χ2v) is 5.23. The molecule has 0 spiro atoms. The fourth-order valence-electron chi connectivity index (χ4n) is 1.99. The number of benzene rings is 1. The summed E-state index contributed by atoms with van der Waals surface area (Å²) in [5.41, 5.74) is 0.923. The van der Waals surface area contributed by atoms with Gasteiger partial charge in [-0.3, -0.25) is 9.59 Å². The van der Waals surface area contributed by atoms with E-state index in [2.05, 4.69) is 10.6 Å². The standard InChI is InChI=1S/C15H21FN2O2/c1-9(2)7-13(15(20)17-4)18-14(19)12-6-5-11(16)8-10(12)3/h5-6,8-9,13H,7H2,1-4H3,(H,17,20)(H,18,19). The zero-order chi connectivity index (χ0) is 15.3. The van der Waals surface area contributed by atoms with Crippen LogP contribution in [0.4, 0.5) is 4.39 Å². The Morgan fingerprint density at radius 3 is 2.45 bits per heavy atom. The number of amides is 2. The monoisotopic (exact) mass is 280 g/mol. The van der Waals surface area contributed by atoms with Crippen LogP contribution in [0.2, 0.25) is 0 Å². The Labute approximate surface area is 118 Å². The highest BCUT2D eigenvalue weighted by Crippen LogP contribution is 2.12. The number of rotatable bonds is 5. The van der Waals surface area contributed by atoms with E-state index in [9.17, 15) is 14.0 Å². The van der Waals surface area contributed by atoms with E-state index in [4.69, 9.17) is 0 Å². The van der Waals surface area contributed by atoms with Crippen LogP contribution < -0.4 is 10.6 Å². The summed E-state index contributed by atoms with van der Waals surface area (Å²) in [6, 6.07) is 3.37. The molecule has 0 aliphatic rings. The van der Waals surface area contributed by atoms with Gasteiger partial charge in [-0.25, -0.2) is 4.39 Å². The van der Waals surface area contributed by atoms with E-state index in [0.29, 0.717) is 17.5 Å². The molecular formula is C15H21FN2O2. The van der Waals surface area contributed by atoms with Crippen molar-refractivity contribution < 1.29 is 14.0 Å². The molecule has 1 atom stereocenters. The van der Waals surface area contributed by atoms with Crippen LogP contribution in [0.15, 0.2) is 18.2 Å². The van der Waals surface area contributed by atoms with Crippen LogP contribution in [0.25, 0.3) is 0 Å². The molecule has 2 amide bonds. The van der Waals surface area contributed by atoms with Gasteiger partial charge in [0.1, 0.15) is 11.9 Å². The van der Waals surface area contributed by atoms with E-state index in [1.54, 1.807) is 6.92 Å². The van der Waals surface area contributed by atoms with Crippen LogP contribution in [-0.4, -0.2) is 24.9 Å². The van der Waals surface area contributed by atoms with E-state index in [1.807, 2.05) is 13.8 Å². The largest absolute Gasteiger partial charge is 0.357 e. The number of likely N-dealkylation sites (N-methyl/N-ethyl adjacent to an activating group) is 1. The lowest BCUT2D eigenvalue weighted by molar-refractivity contribution is -0.122. The molecule has 0 fully saturated rings. The maximum atomic E-state index is 13.0. The number of carbonyl (C=O) groups excluding carboxylic acids is 2. The van der Waals surface area contributed by atoms with E-state index in [-0.39, 0.29) is 23.5 Å². The normalized spacial score (nSPS) is 12.1. The van der Waals surface area contributed by atoms with Crippen LogP contribution in [0.5, 0.6) is 0 Å². The summed E-state index contributed by atoms with van der Waals surface area (Å²) >= 11 is 0. The number of halogens is 1. The van der Waals surface area contributed by atoms with Crippen molar-refractivity contribution in [3.63, 3.8) is 0 Å². The van der Waals surface area contributed by atoms with Crippen molar-refractivity contribution in [1.29, 1.82) is 0 Å². The summed E-state index contributed by atoms with van der Waals surface area (Å²) in [5.74, 6) is -0.709. The van der Waals surface area contributed by atoms with Crippen molar-refractivity contribution in [1.82, 2.24) is 10.6 Å². The molecule has 1 rings (SSSR count). The maximum Gasteiger partial charge on any atom is 0.252 e. The lowest BCUT2D eigenvalue weighted by atomic mass is 10.0. The van der Waals surface area contributed by atoms with Crippen LogP contribution in [0.1, 0.15) is 36.2 Å². The number of hydrogen-bond acceptors (Lipinski definition) is 2. The number of hydrogen-bond donors (Lipinski definition) is 2. The van der Waals surface area contributed by atoms with Gasteiger partial charge in [0.15, 0.2) is 0 Å². The highest BCUT2D eigenvalue weighted by molar-refractivity contribution is 5.98. The summed E-state index contributed by atoms with van der Waals surface area (Å²) in [6.07, 6.45) is 0.547. The van der Waals surface area contributed by atoms with Gasteiger partial charge in [0.2, 0.25) is 5.91 Å². The molecule has 0 aromatic heterocycles. The lowest BCUT2D eigenvalue weighted by Gasteiger charge is -2.19. The Balaban J connectivity index is 2.87. The number of aryl methyl sites for hydroxylation is 1. The molecule has 110 valence electrons. The second-order valence-electron chi connectivity index (χ2n) is 5.23. The fourth-order valence-corrected chi connectivity index (χ4v) is 1.99. The van der Waals surface area contributed by atoms with E-state index in [0.717, 1.165) is 0 Å². The molecule has 0 bridgehead atoms. The summed E-state index contributed by atoms with van der Waals surface area (Å²) in [6.45, 7) is 5.62. The van der Waals surface area contributed by atoms with E-state index in [1.165, 1.54) is 25.2 Å². The topological polar surface area (TPSA) is 58.2 Å². The molecule has 1 aromatic rings. The van der Waals surface area contributed by atoms with Crippen molar-refractivity contribution in [2.24, 2.45) is 5.92 Å². The second kappa shape index (κ2) is 7.03. The van der Waals surface area contributed by atoms with Crippen LogP contribution >= 0.6 is 0 Å². The van der Waals surface area contributed by atoms with Crippen LogP contribution in [-0.2, 0) is 4.79 Å². The van der Waals surface area contributed by atoms with Gasteiger partial charge in [0.25, 0.3) is 5.91 Å². The highest BCUT2D eigenvalue weighted by Gasteiger charge is 2.22. The predicted octanol–water partition coefficient (Wildman–Crippen LogP) is 2.02. The highest BCUT2D eigenvalue weighted by atomic mass is 19.1. The molecule has 0 saturated heterocycles. The molecule has 20 heavy (non-hydrogen) atoms. The Kier molecular flexibility index (Phi) is 5.67. The Morgan fingerprint density at radius 2 is 1.95 bits per heavy atom. The molecule has 0 heterocycles. The molecule has 0 aliphatic carbocycles. The maximum absolute atomic E-state index is 13.0. The molecule has 1 aromatic carbocycles. The Morgan fingerprint density at radius 1 is 1.30 bits per heavy atom. The average Bonchev–Trinajstić information content (AvgIpc) is 2.36. The van der Waals surface area contributed by atoms with Gasteiger partial charge in [-0.15, -0.1) is 0 Å². The zero-order valence-electron chi connectivity index (χ0n) is 12.3. The fraction of sp³-hybridized carbons (Fsp3) is 0.467. The summed E-state index contributed by atoms with van der Waals surface area (Å²) in [5, 5.41) is 5.24. The van der Waals surface area contributed by atoms with Crippen molar-refractivity contribution in [2.75, 3.05) is 7.05 Å². The quantitative estimate of drug-likeness (QED) is 0.867. The molecular weight excluding hydrogens is 259 g/mol. The van der Waals surface area contributed by atoms with Crippen molar-refractivity contribution in [2.45, 2.75) is 33.2 Å². The van der Waals surface area contributed by atoms with Crippen LogP contribution in [0.3, 0.4) is 0 Å². The first-order valence-electron chi connectivity index (χ1n) is 6.63. The predicted molar refractivity (Wildman–Crippen MR) is 75.9 cm³/mol. The first-order valence-corrected chi connectivity index (χ1v) is 6.63. The molecule has 0 aliphatic heterocycles. The molecule has 4 nitrogen and oxygen atoms in total. The number of nitrogens with one attached hydrogen (secondary N) is 2. The van der Waals surface area contributed by atoms with Gasteiger partial charge >= 0.3 is 0 Å². The van der Waals surface area contributed by atoms with Crippen LogP contribution in [0, 0.1) is 18.7 Å². The molecule has 2 N–H and O–H groups in total. The summed E-state index contributed by atoms with van der Waals surface area (Å²) in [7, 11) is 1.53. The Hall–Kier alpha value is -1.91. The third-order valence-electron chi connectivity index (χ3n) is 3.01. The molecule has 0 saturated carbocycles. The molecule has 0 radical (unpaired) electrons. The van der Waals surface area contributed by atoms with E-state index >= 15 is 0 Å². The van der Waals surface area contributed by atoms with Gasteiger partial charge in [0, 0.05) is 12.6 Å². The minimum absolute atomic E-state index is 0.230. The minimum atomic E-state index is -0.586. The zero-order valence-corrected chi connectivity index (χ0v) is 12.3. The van der Waals surface area contributed by atoms with Gasteiger partial charge in [0.05, 0.1) is 0 Å². The van der Waals surface area contributed by atoms with Crippen molar-refractivity contribution in [3.05, 3.63) is 35.1 Å². The van der Waals surface area contributed by atoms with Gasteiger partial charge < -0.3 is 10.6 Å². The minimum Gasteiger partial charge on any atom is -0.357 e. The SMILES string of the molecule is CNC(=O)C(CC(C)C)NC(=O)c1ccc(F)cc1C. The summed E-state index contributed by atoms with van der Waals surface area (Å²) < 4.78 is 13.0. The third kappa shape index (κ3) is 4.33. The van der Waals surface area contributed by atoms with Crippen molar-refractivity contribution >= 4 is 11.8 Å². The van der Waals surface area contributed by atoms with Gasteiger partial charge in [-0.2, -0.15) is 0 Å². The average molecular weight is 280 g/mol. The van der Waals surface area contributed by atoms with Gasteiger partial charge in [-0.05, 0) is 43.0 Å². The van der Waals surface area contributed by atoms with Gasteiger partial charge in [-0.1, -0.05) is 13.8 Å². The first-order chi connectivity index (χ1) is 9.35. The number of carbonyl (C=O) groups is 2. The summed E-state index contributed by atoms with van der Waals surface area (Å²) in [4.78, 5) is 23.9. The van der Waals surface area contributed by atoms with Crippen molar-refractivity contribution in [3.8, 4) is 0 Å².